The molecule has 1 rings (SSSR count). The van der Waals surface area contributed by atoms with Crippen LogP contribution in [0.3, 0.4) is 0 Å². The lowest BCUT2D eigenvalue weighted by atomic mass is 10.1. The van der Waals surface area contributed by atoms with Crippen molar-refractivity contribution in [3.8, 4) is 6.07 Å². The van der Waals surface area contributed by atoms with E-state index in [9.17, 15) is 0 Å². The zero-order valence-electron chi connectivity index (χ0n) is 9.18. The van der Waals surface area contributed by atoms with E-state index < -0.39 is 0 Å². The minimum absolute atomic E-state index is 0.0279. The highest BCUT2D eigenvalue weighted by Crippen LogP contribution is 2.22. The average molecular weight is 207 g/mol. The van der Waals surface area contributed by atoms with E-state index in [1.165, 1.54) is 0 Å². The van der Waals surface area contributed by atoms with Gasteiger partial charge >= 0.3 is 0 Å². The summed E-state index contributed by atoms with van der Waals surface area (Å²) in [6.45, 7) is 2.64. The Morgan fingerprint density at radius 3 is 2.87 bits per heavy atom. The molecule has 0 saturated carbocycles. The Balaban J connectivity index is 2.71. The molecule has 0 aliphatic rings. The highest BCUT2D eigenvalue weighted by Gasteiger charge is 2.23. The normalized spacial score (nSPS) is 14.9. The Morgan fingerprint density at radius 1 is 1.67 bits per heavy atom. The van der Waals surface area contributed by atoms with Crippen LogP contribution in [-0.4, -0.2) is 24.5 Å². The van der Waals surface area contributed by atoms with Gasteiger partial charge in [-0.2, -0.15) is 5.26 Å². The summed E-state index contributed by atoms with van der Waals surface area (Å²) in [5.41, 5.74) is 5.92. The molecule has 1 heterocycles. The van der Waals surface area contributed by atoms with Crippen LogP contribution < -0.4 is 5.73 Å². The number of rotatable bonds is 5. The van der Waals surface area contributed by atoms with Crippen LogP contribution in [0.5, 0.6) is 0 Å². The van der Waals surface area contributed by atoms with Gasteiger partial charge in [-0.1, -0.05) is 0 Å². The van der Waals surface area contributed by atoms with Crippen LogP contribution in [0.4, 0.5) is 0 Å². The van der Waals surface area contributed by atoms with E-state index in [0.717, 1.165) is 5.76 Å². The molecule has 2 unspecified atom stereocenters. The van der Waals surface area contributed by atoms with Gasteiger partial charge in [0.2, 0.25) is 0 Å². The molecule has 0 aromatic carbocycles. The summed E-state index contributed by atoms with van der Waals surface area (Å²) in [6.07, 6.45) is 2.14. The van der Waals surface area contributed by atoms with Crippen LogP contribution in [-0.2, 0) is 0 Å². The van der Waals surface area contributed by atoms with Crippen molar-refractivity contribution in [2.24, 2.45) is 5.73 Å². The lowest BCUT2D eigenvalue weighted by molar-refractivity contribution is 0.195. The maximum Gasteiger partial charge on any atom is 0.122 e. The van der Waals surface area contributed by atoms with Gasteiger partial charge in [-0.05, 0) is 26.1 Å². The Hall–Kier alpha value is -1.31. The second-order valence-electron chi connectivity index (χ2n) is 3.71. The Kier molecular flexibility index (Phi) is 4.35. The zero-order valence-corrected chi connectivity index (χ0v) is 9.18. The van der Waals surface area contributed by atoms with Crippen LogP contribution in [0.15, 0.2) is 22.8 Å². The number of hydrogen-bond donors (Lipinski definition) is 1. The van der Waals surface area contributed by atoms with E-state index in [1.54, 1.807) is 6.26 Å². The third-order valence-corrected chi connectivity index (χ3v) is 2.38. The number of furan rings is 1. The van der Waals surface area contributed by atoms with Gasteiger partial charge in [0.15, 0.2) is 0 Å². The molecule has 0 saturated heterocycles. The van der Waals surface area contributed by atoms with Crippen LogP contribution in [0.25, 0.3) is 0 Å². The largest absolute Gasteiger partial charge is 0.468 e. The highest BCUT2D eigenvalue weighted by atomic mass is 16.3. The maximum absolute atomic E-state index is 8.53. The maximum atomic E-state index is 8.53. The molecule has 0 aliphatic heterocycles. The molecule has 2 N–H and O–H groups in total. The van der Waals surface area contributed by atoms with E-state index in [-0.39, 0.29) is 12.1 Å². The summed E-state index contributed by atoms with van der Waals surface area (Å²) < 4.78 is 5.35. The Labute approximate surface area is 90.3 Å². The molecule has 1 aromatic rings. The van der Waals surface area contributed by atoms with E-state index >= 15 is 0 Å². The molecule has 4 nitrogen and oxygen atoms in total. The van der Waals surface area contributed by atoms with Crippen molar-refractivity contribution >= 4 is 0 Å². The Bertz CT molecular complexity index is 313. The minimum atomic E-state index is -0.0279. The second kappa shape index (κ2) is 5.54. The third-order valence-electron chi connectivity index (χ3n) is 2.38. The molecular formula is C11H17N3O. The minimum Gasteiger partial charge on any atom is -0.468 e. The standard InChI is InChI=1S/C11H17N3O/c1-9(13)11(10-5-3-8-15-10)14(2)7-4-6-12/h3,5,8-9,11H,4,7,13H2,1-2H3. The molecule has 4 heteroatoms. The summed E-state index contributed by atoms with van der Waals surface area (Å²) in [6, 6.07) is 5.90. The number of nitriles is 1. The first kappa shape index (κ1) is 11.8. The van der Waals surface area contributed by atoms with Crippen molar-refractivity contribution in [1.29, 1.82) is 5.26 Å². The van der Waals surface area contributed by atoms with Crippen molar-refractivity contribution in [2.45, 2.75) is 25.4 Å². The number of likely N-dealkylation sites (N-methyl/N-ethyl adjacent to an activating group) is 1. The zero-order chi connectivity index (χ0) is 11.3. The third kappa shape index (κ3) is 3.08. The van der Waals surface area contributed by atoms with E-state index in [4.69, 9.17) is 15.4 Å². The molecule has 0 spiro atoms. The predicted octanol–water partition coefficient (Wildman–Crippen LogP) is 1.51. The molecule has 0 amide bonds. The van der Waals surface area contributed by atoms with Gasteiger partial charge in [-0.15, -0.1) is 0 Å². The molecule has 82 valence electrons. The van der Waals surface area contributed by atoms with Crippen LogP contribution in [0.1, 0.15) is 25.1 Å². The van der Waals surface area contributed by atoms with E-state index in [1.807, 2.05) is 31.0 Å². The fourth-order valence-corrected chi connectivity index (χ4v) is 1.70. The van der Waals surface area contributed by atoms with Crippen molar-refractivity contribution in [3.63, 3.8) is 0 Å². The van der Waals surface area contributed by atoms with Crippen molar-refractivity contribution in [3.05, 3.63) is 24.2 Å². The first-order chi connectivity index (χ1) is 7.16. The number of hydrogen-bond acceptors (Lipinski definition) is 4. The van der Waals surface area contributed by atoms with Gasteiger partial charge in [-0.25, -0.2) is 0 Å². The Morgan fingerprint density at radius 2 is 2.40 bits per heavy atom. The lowest BCUT2D eigenvalue weighted by Gasteiger charge is -2.28. The van der Waals surface area contributed by atoms with Gasteiger partial charge in [0.05, 0.1) is 18.4 Å². The monoisotopic (exact) mass is 207 g/mol. The van der Waals surface area contributed by atoms with Gasteiger partial charge in [-0.3, -0.25) is 4.90 Å². The molecule has 0 aliphatic carbocycles. The van der Waals surface area contributed by atoms with Crippen LogP contribution in [0, 0.1) is 11.3 Å². The van der Waals surface area contributed by atoms with Crippen molar-refractivity contribution in [1.82, 2.24) is 4.90 Å². The summed E-state index contributed by atoms with van der Waals surface area (Å²) >= 11 is 0. The van der Waals surface area contributed by atoms with Gasteiger partial charge in [0.1, 0.15) is 5.76 Å². The van der Waals surface area contributed by atoms with Gasteiger partial charge in [0, 0.05) is 19.0 Å². The fourth-order valence-electron chi connectivity index (χ4n) is 1.70. The van der Waals surface area contributed by atoms with Crippen LogP contribution in [0.2, 0.25) is 0 Å². The van der Waals surface area contributed by atoms with Gasteiger partial charge in [0.25, 0.3) is 0 Å². The molecule has 15 heavy (non-hydrogen) atoms. The highest BCUT2D eigenvalue weighted by molar-refractivity contribution is 5.07. The number of nitrogens with two attached hydrogens (primary N) is 1. The van der Waals surface area contributed by atoms with E-state index in [0.29, 0.717) is 13.0 Å². The van der Waals surface area contributed by atoms with Crippen molar-refractivity contribution < 1.29 is 4.42 Å². The van der Waals surface area contributed by atoms with Crippen LogP contribution >= 0.6 is 0 Å². The number of nitrogens with zero attached hydrogens (tertiary/aromatic N) is 2. The predicted molar refractivity (Wildman–Crippen MR) is 58.0 cm³/mol. The molecule has 0 bridgehead atoms. The second-order valence-corrected chi connectivity index (χ2v) is 3.71. The fraction of sp³-hybridized carbons (Fsp3) is 0.545. The summed E-state index contributed by atoms with van der Waals surface area (Å²) in [4.78, 5) is 2.05. The van der Waals surface area contributed by atoms with E-state index in [2.05, 4.69) is 6.07 Å². The summed E-state index contributed by atoms with van der Waals surface area (Å²) in [7, 11) is 1.95. The smallest absolute Gasteiger partial charge is 0.122 e. The molecular weight excluding hydrogens is 190 g/mol. The lowest BCUT2D eigenvalue weighted by Crippen LogP contribution is -2.37. The molecule has 1 aromatic heterocycles. The summed E-state index contributed by atoms with van der Waals surface area (Å²) in [5.74, 6) is 0.852. The SMILES string of the molecule is CC(N)C(c1ccco1)N(C)CCC#N. The first-order valence-corrected chi connectivity index (χ1v) is 5.03. The quantitative estimate of drug-likeness (QED) is 0.794. The first-order valence-electron chi connectivity index (χ1n) is 5.03. The van der Waals surface area contributed by atoms with Crippen molar-refractivity contribution in [2.75, 3.05) is 13.6 Å². The molecule has 0 fully saturated rings. The topological polar surface area (TPSA) is 66.2 Å². The molecule has 2 atom stereocenters. The average Bonchev–Trinajstić information content (AvgIpc) is 2.67. The van der Waals surface area contributed by atoms with Gasteiger partial charge < -0.3 is 10.2 Å². The summed E-state index contributed by atoms with van der Waals surface area (Å²) in [5, 5.41) is 8.53. The molecule has 0 radical (unpaired) electrons.